The number of nitrogens with zero attached hydrogens (tertiary/aromatic N) is 3. The molecule has 0 fully saturated rings. The fourth-order valence-corrected chi connectivity index (χ4v) is 5.92. The van der Waals surface area contributed by atoms with Crippen LogP contribution in [0.1, 0.15) is 23.1 Å². The number of ether oxygens (including phenoxy) is 1. The molecule has 0 atom stereocenters. The molecule has 2 aromatic heterocycles. The average Bonchev–Trinajstić information content (AvgIpc) is 3.31. The number of pyridine rings is 1. The number of rotatable bonds is 8. The van der Waals surface area contributed by atoms with Crippen LogP contribution in [0.3, 0.4) is 0 Å². The van der Waals surface area contributed by atoms with Crippen molar-refractivity contribution in [3.05, 3.63) is 77.6 Å². The van der Waals surface area contributed by atoms with Crippen LogP contribution in [-0.4, -0.2) is 37.2 Å². The number of sulfone groups is 1. The second-order valence-corrected chi connectivity index (χ2v) is 11.0. The maximum Gasteiger partial charge on any atom is 0.230 e. The zero-order valence-electron chi connectivity index (χ0n) is 19.2. The molecule has 0 aliphatic heterocycles. The number of carbonyl (C=O) groups is 1. The third-order valence-corrected chi connectivity index (χ3v) is 8.48. The lowest BCUT2D eigenvalue weighted by Gasteiger charge is -2.20. The number of carbonyl (C=O) groups excluding carboxylic acids is 1. The predicted octanol–water partition coefficient (Wildman–Crippen LogP) is 4.71. The van der Waals surface area contributed by atoms with Gasteiger partial charge in [0.25, 0.3) is 0 Å². The Kier molecular flexibility index (Phi) is 6.95. The summed E-state index contributed by atoms with van der Waals surface area (Å²) < 4.78 is 31.8. The Morgan fingerprint density at radius 3 is 2.44 bits per heavy atom. The van der Waals surface area contributed by atoms with Crippen molar-refractivity contribution in [1.29, 1.82) is 0 Å². The smallest absolute Gasteiger partial charge is 0.230 e. The van der Waals surface area contributed by atoms with Crippen LogP contribution < -0.4 is 9.64 Å². The zero-order chi connectivity index (χ0) is 24.3. The fourth-order valence-electron chi connectivity index (χ4n) is 3.56. The Morgan fingerprint density at radius 1 is 1.06 bits per heavy atom. The first-order valence-corrected chi connectivity index (χ1v) is 13.2. The molecule has 0 saturated carbocycles. The van der Waals surface area contributed by atoms with Crippen LogP contribution in [0.2, 0.25) is 0 Å². The van der Waals surface area contributed by atoms with Gasteiger partial charge in [0.05, 0.1) is 34.5 Å². The van der Waals surface area contributed by atoms with Gasteiger partial charge in [-0.05, 0) is 60.9 Å². The molecule has 0 aliphatic carbocycles. The highest BCUT2D eigenvalue weighted by Crippen LogP contribution is 2.34. The summed E-state index contributed by atoms with van der Waals surface area (Å²) in [5, 5.41) is 0.545. The predicted molar refractivity (Wildman–Crippen MR) is 134 cm³/mol. The number of benzene rings is 2. The molecule has 4 rings (SSSR count). The summed E-state index contributed by atoms with van der Waals surface area (Å²) >= 11 is 1.44. The number of aromatic nitrogens is 2. The van der Waals surface area contributed by atoms with Crippen LogP contribution in [0.15, 0.2) is 65.8 Å². The first-order chi connectivity index (χ1) is 16.3. The summed E-state index contributed by atoms with van der Waals surface area (Å²) in [6.07, 6.45) is 3.20. The molecule has 7 nitrogen and oxygen atoms in total. The van der Waals surface area contributed by atoms with E-state index in [4.69, 9.17) is 9.72 Å². The van der Waals surface area contributed by atoms with Gasteiger partial charge < -0.3 is 4.74 Å². The van der Waals surface area contributed by atoms with E-state index in [1.165, 1.54) is 30.6 Å². The van der Waals surface area contributed by atoms with Gasteiger partial charge in [0.2, 0.25) is 5.91 Å². The number of anilines is 1. The number of methoxy groups -OCH3 is 1. The van der Waals surface area contributed by atoms with Gasteiger partial charge in [-0.1, -0.05) is 29.5 Å². The normalized spacial score (nSPS) is 11.5. The van der Waals surface area contributed by atoms with E-state index in [0.29, 0.717) is 10.9 Å². The minimum atomic E-state index is -3.64. The van der Waals surface area contributed by atoms with Crippen molar-refractivity contribution < 1.29 is 17.9 Å². The SMILES string of the molecule is COc1ccc(S(=O)(=O)CCC(=O)N(Cc2cccnc2)c2nc3c(C)ccc(C)c3s2)cc1. The number of hydrogen-bond donors (Lipinski definition) is 0. The summed E-state index contributed by atoms with van der Waals surface area (Å²) in [5.41, 5.74) is 3.80. The van der Waals surface area contributed by atoms with Crippen LogP contribution in [-0.2, 0) is 21.2 Å². The standard InChI is InChI=1S/C25H25N3O4S2/c1-17-6-7-18(2)24-23(17)27-25(33-24)28(16-19-5-4-13-26-15-19)22(29)12-14-34(30,31)21-10-8-20(32-3)9-11-21/h4-11,13,15H,12,14,16H2,1-3H3. The van der Waals surface area contributed by atoms with Crippen LogP contribution in [0.4, 0.5) is 5.13 Å². The lowest BCUT2D eigenvalue weighted by Crippen LogP contribution is -2.31. The molecule has 2 heterocycles. The minimum absolute atomic E-state index is 0.158. The molecule has 34 heavy (non-hydrogen) atoms. The van der Waals surface area contributed by atoms with Gasteiger partial charge in [-0.3, -0.25) is 14.7 Å². The van der Waals surface area contributed by atoms with Crippen molar-refractivity contribution in [3.8, 4) is 5.75 Å². The lowest BCUT2D eigenvalue weighted by molar-refractivity contribution is -0.118. The first-order valence-electron chi connectivity index (χ1n) is 10.7. The number of aryl methyl sites for hydroxylation is 2. The quantitative estimate of drug-likeness (QED) is 0.352. The van der Waals surface area contributed by atoms with Crippen molar-refractivity contribution in [2.75, 3.05) is 17.8 Å². The molecule has 0 aliphatic rings. The Balaban J connectivity index is 1.61. The largest absolute Gasteiger partial charge is 0.497 e. The average molecular weight is 496 g/mol. The van der Waals surface area contributed by atoms with Gasteiger partial charge in [-0.2, -0.15) is 0 Å². The maximum atomic E-state index is 13.4. The molecule has 0 unspecified atom stereocenters. The van der Waals surface area contributed by atoms with Crippen LogP contribution >= 0.6 is 11.3 Å². The minimum Gasteiger partial charge on any atom is -0.497 e. The number of hydrogen-bond acceptors (Lipinski definition) is 7. The highest BCUT2D eigenvalue weighted by atomic mass is 32.2. The molecule has 0 radical (unpaired) electrons. The summed E-state index contributed by atoms with van der Waals surface area (Å²) in [5.74, 6) is -0.0422. The Hall–Kier alpha value is -3.30. The van der Waals surface area contributed by atoms with E-state index in [9.17, 15) is 13.2 Å². The molecule has 4 aromatic rings. The van der Waals surface area contributed by atoms with Crippen LogP contribution in [0, 0.1) is 13.8 Å². The third-order valence-electron chi connectivity index (χ3n) is 5.53. The third kappa shape index (κ3) is 5.10. The second-order valence-electron chi connectivity index (χ2n) is 7.96. The number of amides is 1. The van der Waals surface area contributed by atoms with E-state index in [0.717, 1.165) is 26.9 Å². The molecule has 0 N–H and O–H groups in total. The molecular weight excluding hydrogens is 470 g/mol. The molecule has 0 bridgehead atoms. The van der Waals surface area contributed by atoms with Crippen molar-refractivity contribution in [3.63, 3.8) is 0 Å². The van der Waals surface area contributed by atoms with Crippen molar-refractivity contribution >= 4 is 42.4 Å². The van der Waals surface area contributed by atoms with Crippen molar-refractivity contribution in [1.82, 2.24) is 9.97 Å². The monoisotopic (exact) mass is 495 g/mol. The Labute approximate surface area is 203 Å². The molecular formula is C25H25N3O4S2. The van der Waals surface area contributed by atoms with E-state index in [1.807, 2.05) is 32.0 Å². The van der Waals surface area contributed by atoms with Crippen LogP contribution in [0.25, 0.3) is 10.2 Å². The van der Waals surface area contributed by atoms with E-state index in [-0.39, 0.29) is 29.5 Å². The van der Waals surface area contributed by atoms with Gasteiger partial charge in [0, 0.05) is 18.8 Å². The van der Waals surface area contributed by atoms with E-state index in [2.05, 4.69) is 4.98 Å². The van der Waals surface area contributed by atoms with E-state index in [1.54, 1.807) is 35.5 Å². The molecule has 0 spiro atoms. The number of thiazole rings is 1. The summed E-state index contributed by atoms with van der Waals surface area (Å²) in [6, 6.07) is 13.9. The second kappa shape index (κ2) is 9.90. The van der Waals surface area contributed by atoms with Crippen molar-refractivity contribution in [2.45, 2.75) is 31.7 Å². The fraction of sp³-hybridized carbons (Fsp3) is 0.240. The molecule has 1 amide bonds. The summed E-state index contributed by atoms with van der Waals surface area (Å²) in [6.45, 7) is 4.26. The zero-order valence-corrected chi connectivity index (χ0v) is 20.8. The highest BCUT2D eigenvalue weighted by molar-refractivity contribution is 7.91. The number of fused-ring (bicyclic) bond motifs is 1. The van der Waals surface area contributed by atoms with Crippen LogP contribution in [0.5, 0.6) is 5.75 Å². The lowest BCUT2D eigenvalue weighted by atomic mass is 10.1. The molecule has 2 aromatic carbocycles. The van der Waals surface area contributed by atoms with Gasteiger partial charge >= 0.3 is 0 Å². The van der Waals surface area contributed by atoms with Gasteiger partial charge in [0.15, 0.2) is 15.0 Å². The van der Waals surface area contributed by atoms with E-state index < -0.39 is 9.84 Å². The summed E-state index contributed by atoms with van der Waals surface area (Å²) in [7, 11) is -2.12. The maximum absolute atomic E-state index is 13.4. The van der Waals surface area contributed by atoms with Crippen molar-refractivity contribution in [2.24, 2.45) is 0 Å². The Bertz CT molecular complexity index is 1380. The molecule has 9 heteroatoms. The van der Waals surface area contributed by atoms with Gasteiger partial charge in [-0.15, -0.1) is 0 Å². The highest BCUT2D eigenvalue weighted by Gasteiger charge is 2.24. The summed E-state index contributed by atoms with van der Waals surface area (Å²) in [4.78, 5) is 24.0. The Morgan fingerprint density at radius 2 is 1.79 bits per heavy atom. The first kappa shape index (κ1) is 23.8. The molecule has 176 valence electrons. The van der Waals surface area contributed by atoms with E-state index >= 15 is 0 Å². The topological polar surface area (TPSA) is 89.5 Å². The van der Waals surface area contributed by atoms with Gasteiger partial charge in [-0.25, -0.2) is 13.4 Å². The van der Waals surface area contributed by atoms with Gasteiger partial charge in [0.1, 0.15) is 5.75 Å². The molecule has 0 saturated heterocycles.